The summed E-state index contributed by atoms with van der Waals surface area (Å²) >= 11 is 1.48. The second kappa shape index (κ2) is 8.45. The third-order valence-electron chi connectivity index (χ3n) is 4.62. The van der Waals surface area contributed by atoms with E-state index in [1.54, 1.807) is 5.38 Å². The molecule has 0 aliphatic carbocycles. The van der Waals surface area contributed by atoms with E-state index in [2.05, 4.69) is 48.4 Å². The monoisotopic (exact) mass is 371 g/mol. The molecule has 1 saturated heterocycles. The molecule has 26 heavy (non-hydrogen) atoms. The van der Waals surface area contributed by atoms with Gasteiger partial charge in [0.2, 0.25) is 5.91 Å². The second-order valence-corrected chi connectivity index (χ2v) is 7.77. The van der Waals surface area contributed by atoms with E-state index in [-0.39, 0.29) is 11.8 Å². The number of hydrogen-bond donors (Lipinski definition) is 1. The van der Waals surface area contributed by atoms with Crippen molar-refractivity contribution in [2.45, 2.75) is 39.0 Å². The van der Waals surface area contributed by atoms with Gasteiger partial charge in [0.05, 0.1) is 0 Å². The summed E-state index contributed by atoms with van der Waals surface area (Å²) < 4.78 is 0. The van der Waals surface area contributed by atoms with Crippen LogP contribution in [0, 0.1) is 0 Å². The van der Waals surface area contributed by atoms with E-state index in [1.807, 2.05) is 4.90 Å². The van der Waals surface area contributed by atoms with Crippen LogP contribution < -0.4 is 5.32 Å². The average Bonchev–Trinajstić information content (AvgIpc) is 3.28. The first-order valence-corrected chi connectivity index (χ1v) is 10.0. The van der Waals surface area contributed by atoms with Crippen molar-refractivity contribution in [1.29, 1.82) is 0 Å². The van der Waals surface area contributed by atoms with Crippen molar-refractivity contribution in [3.05, 3.63) is 40.9 Å². The molecule has 1 aliphatic rings. The molecule has 5 nitrogen and oxygen atoms in total. The lowest BCUT2D eigenvalue weighted by atomic mass is 10.0. The molecule has 1 fully saturated rings. The SMILES string of the molecule is CC(C)c1ccc(-c2nc(C(=O)NCCCN3CCCC3=O)cs2)cc1. The third kappa shape index (κ3) is 4.49. The summed E-state index contributed by atoms with van der Waals surface area (Å²) in [6.07, 6.45) is 2.38. The van der Waals surface area contributed by atoms with E-state index in [9.17, 15) is 9.59 Å². The fourth-order valence-electron chi connectivity index (χ4n) is 3.02. The Morgan fingerprint density at radius 3 is 2.73 bits per heavy atom. The number of nitrogens with one attached hydrogen (secondary N) is 1. The van der Waals surface area contributed by atoms with E-state index in [0.717, 1.165) is 30.0 Å². The van der Waals surface area contributed by atoms with Gasteiger partial charge >= 0.3 is 0 Å². The predicted octanol–water partition coefficient (Wildman–Crippen LogP) is 3.68. The molecule has 0 atom stereocenters. The summed E-state index contributed by atoms with van der Waals surface area (Å²) in [5.74, 6) is 0.570. The van der Waals surface area contributed by atoms with Gasteiger partial charge in [0.1, 0.15) is 10.7 Å². The minimum absolute atomic E-state index is 0.154. The minimum atomic E-state index is -0.154. The number of benzene rings is 1. The summed E-state index contributed by atoms with van der Waals surface area (Å²) in [6, 6.07) is 8.34. The summed E-state index contributed by atoms with van der Waals surface area (Å²) in [7, 11) is 0. The van der Waals surface area contributed by atoms with Crippen LogP contribution in [0.25, 0.3) is 10.6 Å². The molecule has 0 spiro atoms. The van der Waals surface area contributed by atoms with Crippen molar-refractivity contribution in [1.82, 2.24) is 15.2 Å². The number of hydrogen-bond acceptors (Lipinski definition) is 4. The molecule has 2 heterocycles. The highest BCUT2D eigenvalue weighted by molar-refractivity contribution is 7.13. The Hall–Kier alpha value is -2.21. The zero-order valence-electron chi connectivity index (χ0n) is 15.3. The smallest absolute Gasteiger partial charge is 0.270 e. The van der Waals surface area contributed by atoms with E-state index in [4.69, 9.17) is 0 Å². The fourth-order valence-corrected chi connectivity index (χ4v) is 3.83. The molecule has 1 N–H and O–H groups in total. The van der Waals surface area contributed by atoms with Gasteiger partial charge < -0.3 is 10.2 Å². The van der Waals surface area contributed by atoms with Crippen LogP contribution in [-0.4, -0.2) is 41.3 Å². The number of carbonyl (C=O) groups is 2. The van der Waals surface area contributed by atoms with Crippen LogP contribution in [0.4, 0.5) is 0 Å². The van der Waals surface area contributed by atoms with Crippen LogP contribution in [0.5, 0.6) is 0 Å². The Labute approximate surface area is 158 Å². The maximum Gasteiger partial charge on any atom is 0.270 e. The topological polar surface area (TPSA) is 62.3 Å². The number of aromatic nitrogens is 1. The Balaban J connectivity index is 1.50. The van der Waals surface area contributed by atoms with Gasteiger partial charge in [0.25, 0.3) is 5.91 Å². The molecule has 0 unspecified atom stereocenters. The van der Waals surface area contributed by atoms with Crippen LogP contribution in [0.1, 0.15) is 55.1 Å². The van der Waals surface area contributed by atoms with Crippen LogP contribution in [0.2, 0.25) is 0 Å². The number of thiazole rings is 1. The van der Waals surface area contributed by atoms with Crippen molar-refractivity contribution >= 4 is 23.2 Å². The summed E-state index contributed by atoms with van der Waals surface area (Å²) in [5, 5.41) is 5.55. The average molecular weight is 372 g/mol. The molecular weight excluding hydrogens is 346 g/mol. The first-order chi connectivity index (χ1) is 12.5. The third-order valence-corrected chi connectivity index (χ3v) is 5.51. The standard InChI is InChI=1S/C20H25N3O2S/c1-14(2)15-6-8-16(9-7-15)20-22-17(13-26-20)19(25)21-10-4-12-23-11-3-5-18(23)24/h6-9,13-14H,3-5,10-12H2,1-2H3,(H,21,25). The van der Waals surface area contributed by atoms with E-state index >= 15 is 0 Å². The molecule has 2 amide bonds. The molecule has 0 bridgehead atoms. The van der Waals surface area contributed by atoms with Gasteiger partial charge in [-0.1, -0.05) is 38.1 Å². The Morgan fingerprint density at radius 1 is 1.31 bits per heavy atom. The lowest BCUT2D eigenvalue weighted by Crippen LogP contribution is -2.30. The number of carbonyl (C=O) groups excluding carboxylic acids is 2. The van der Waals surface area contributed by atoms with Gasteiger partial charge in [0, 0.05) is 37.0 Å². The molecule has 3 rings (SSSR count). The normalized spacial score (nSPS) is 14.3. The quantitative estimate of drug-likeness (QED) is 0.755. The van der Waals surface area contributed by atoms with Crippen LogP contribution in [-0.2, 0) is 4.79 Å². The molecular formula is C20H25N3O2S. The number of nitrogens with zero attached hydrogens (tertiary/aromatic N) is 2. The van der Waals surface area contributed by atoms with Gasteiger partial charge in [-0.25, -0.2) is 4.98 Å². The highest BCUT2D eigenvalue weighted by atomic mass is 32.1. The van der Waals surface area contributed by atoms with Gasteiger partial charge in [-0.2, -0.15) is 0 Å². The lowest BCUT2D eigenvalue weighted by Gasteiger charge is -2.14. The Kier molecular flexibility index (Phi) is 6.04. The highest BCUT2D eigenvalue weighted by Gasteiger charge is 2.19. The summed E-state index contributed by atoms with van der Waals surface area (Å²) in [6.45, 7) is 6.45. The van der Waals surface area contributed by atoms with Crippen LogP contribution in [0.15, 0.2) is 29.6 Å². The molecule has 1 aliphatic heterocycles. The van der Waals surface area contributed by atoms with Crippen LogP contribution >= 0.6 is 11.3 Å². The van der Waals surface area contributed by atoms with Crippen molar-refractivity contribution in [2.75, 3.05) is 19.6 Å². The van der Waals surface area contributed by atoms with Crippen molar-refractivity contribution in [2.24, 2.45) is 0 Å². The molecule has 0 radical (unpaired) electrons. The molecule has 6 heteroatoms. The number of amides is 2. The van der Waals surface area contributed by atoms with E-state index in [0.29, 0.717) is 31.1 Å². The number of likely N-dealkylation sites (tertiary alicyclic amines) is 1. The minimum Gasteiger partial charge on any atom is -0.351 e. The summed E-state index contributed by atoms with van der Waals surface area (Å²) in [4.78, 5) is 30.1. The van der Waals surface area contributed by atoms with Gasteiger partial charge in [-0.05, 0) is 24.3 Å². The highest BCUT2D eigenvalue weighted by Crippen LogP contribution is 2.25. The van der Waals surface area contributed by atoms with Gasteiger partial charge in [-0.3, -0.25) is 9.59 Å². The van der Waals surface area contributed by atoms with Gasteiger partial charge in [0.15, 0.2) is 0 Å². The lowest BCUT2D eigenvalue weighted by molar-refractivity contribution is -0.127. The molecule has 2 aromatic rings. The first-order valence-electron chi connectivity index (χ1n) is 9.16. The zero-order valence-corrected chi connectivity index (χ0v) is 16.1. The van der Waals surface area contributed by atoms with Gasteiger partial charge in [-0.15, -0.1) is 11.3 Å². The molecule has 0 saturated carbocycles. The zero-order chi connectivity index (χ0) is 18.5. The Morgan fingerprint density at radius 2 is 2.08 bits per heavy atom. The fraction of sp³-hybridized carbons (Fsp3) is 0.450. The van der Waals surface area contributed by atoms with Crippen molar-refractivity contribution in [3.8, 4) is 10.6 Å². The van der Waals surface area contributed by atoms with Crippen molar-refractivity contribution in [3.63, 3.8) is 0 Å². The van der Waals surface area contributed by atoms with E-state index < -0.39 is 0 Å². The van der Waals surface area contributed by atoms with Crippen molar-refractivity contribution < 1.29 is 9.59 Å². The Bertz CT molecular complexity index is 768. The summed E-state index contributed by atoms with van der Waals surface area (Å²) in [5.41, 5.74) is 2.78. The molecule has 1 aromatic heterocycles. The maximum absolute atomic E-state index is 12.2. The van der Waals surface area contributed by atoms with Crippen LogP contribution in [0.3, 0.4) is 0 Å². The molecule has 1 aromatic carbocycles. The first kappa shape index (κ1) is 18.6. The maximum atomic E-state index is 12.2. The van der Waals surface area contributed by atoms with E-state index in [1.165, 1.54) is 16.9 Å². The largest absolute Gasteiger partial charge is 0.351 e. The second-order valence-electron chi connectivity index (χ2n) is 6.91. The molecule has 138 valence electrons. The number of rotatable bonds is 7. The predicted molar refractivity (Wildman–Crippen MR) is 104 cm³/mol.